The lowest BCUT2D eigenvalue weighted by molar-refractivity contribution is 0.658. The Hall–Kier alpha value is -1.90. The minimum Gasteiger partial charge on any atom is -0.384 e. The van der Waals surface area contributed by atoms with Crippen LogP contribution in [0.2, 0.25) is 0 Å². The molecule has 4 rings (SSSR count). The summed E-state index contributed by atoms with van der Waals surface area (Å²) in [6.07, 6.45) is 5.90. The second-order valence-electron chi connectivity index (χ2n) is 5.81. The fourth-order valence-corrected chi connectivity index (χ4v) is 3.35. The van der Waals surface area contributed by atoms with Gasteiger partial charge in [0.05, 0.1) is 0 Å². The van der Waals surface area contributed by atoms with Gasteiger partial charge in [-0.15, -0.1) is 0 Å². The topological polar surface area (TPSA) is 37.8 Å². The molecule has 0 saturated heterocycles. The Kier molecular flexibility index (Phi) is 2.72. The molecule has 0 radical (unpaired) electrons. The van der Waals surface area contributed by atoms with Crippen molar-refractivity contribution in [3.05, 3.63) is 40.7 Å². The Morgan fingerprint density at radius 1 is 1.05 bits per heavy atom. The summed E-state index contributed by atoms with van der Waals surface area (Å²) < 4.78 is 0. The Morgan fingerprint density at radius 2 is 1.95 bits per heavy atom. The number of fused-ring (bicyclic) bond motifs is 2. The summed E-state index contributed by atoms with van der Waals surface area (Å²) >= 11 is 0. The van der Waals surface area contributed by atoms with E-state index in [9.17, 15) is 0 Å². The predicted molar refractivity (Wildman–Crippen MR) is 81.0 cm³/mol. The van der Waals surface area contributed by atoms with Gasteiger partial charge in [-0.1, -0.05) is 0 Å². The van der Waals surface area contributed by atoms with Gasteiger partial charge in [0, 0.05) is 29.2 Å². The van der Waals surface area contributed by atoms with Gasteiger partial charge in [-0.3, -0.25) is 0 Å². The molecule has 0 bridgehead atoms. The van der Waals surface area contributed by atoms with Gasteiger partial charge in [0.15, 0.2) is 5.82 Å². The summed E-state index contributed by atoms with van der Waals surface area (Å²) in [4.78, 5) is 9.59. The highest BCUT2D eigenvalue weighted by Gasteiger charge is 2.17. The van der Waals surface area contributed by atoms with Gasteiger partial charge in [0.2, 0.25) is 0 Å². The normalized spacial score (nSPS) is 16.4. The first-order valence-electron chi connectivity index (χ1n) is 7.55. The molecule has 3 nitrogen and oxygen atoms in total. The molecule has 2 heterocycles. The van der Waals surface area contributed by atoms with Gasteiger partial charge in [-0.2, -0.15) is 0 Å². The van der Waals surface area contributed by atoms with Crippen LogP contribution in [0.4, 0.5) is 5.69 Å². The average Bonchev–Trinajstić information content (AvgIpc) is 2.94. The lowest BCUT2D eigenvalue weighted by atomic mass is 9.94. The molecule has 1 N–H and O–H groups in total. The van der Waals surface area contributed by atoms with E-state index in [4.69, 9.17) is 9.97 Å². The third-order valence-corrected chi connectivity index (χ3v) is 4.46. The van der Waals surface area contributed by atoms with Crippen molar-refractivity contribution >= 4 is 5.69 Å². The molecular formula is C17H19N3. The standard InChI is InChI=1S/C17H19N3/c1-11-14-4-2-3-5-16(14)20-17(19-11)13-6-7-15-12(10-13)8-9-18-15/h6-7,10,18H,2-5,8-9H2,1H3. The highest BCUT2D eigenvalue weighted by Crippen LogP contribution is 2.29. The van der Waals surface area contributed by atoms with E-state index in [1.807, 2.05) is 0 Å². The van der Waals surface area contributed by atoms with Crippen LogP contribution in [-0.2, 0) is 19.3 Å². The number of anilines is 1. The first-order chi connectivity index (χ1) is 9.81. The molecule has 0 spiro atoms. The van der Waals surface area contributed by atoms with Crippen LogP contribution in [0.25, 0.3) is 11.4 Å². The largest absolute Gasteiger partial charge is 0.384 e. The van der Waals surface area contributed by atoms with Crippen molar-refractivity contribution in [1.82, 2.24) is 9.97 Å². The second kappa shape index (κ2) is 4.58. The van der Waals surface area contributed by atoms with Crippen molar-refractivity contribution < 1.29 is 0 Å². The first kappa shape index (κ1) is 11.9. The van der Waals surface area contributed by atoms with Crippen LogP contribution < -0.4 is 5.32 Å². The maximum absolute atomic E-state index is 4.84. The van der Waals surface area contributed by atoms with E-state index in [1.54, 1.807) is 0 Å². The highest BCUT2D eigenvalue weighted by atomic mass is 14.9. The molecular weight excluding hydrogens is 246 g/mol. The van der Waals surface area contributed by atoms with Crippen LogP contribution in [0, 0.1) is 6.92 Å². The first-order valence-corrected chi connectivity index (χ1v) is 7.55. The van der Waals surface area contributed by atoms with Gasteiger partial charge in [-0.05, 0) is 68.4 Å². The Balaban J connectivity index is 1.80. The molecule has 3 heteroatoms. The van der Waals surface area contributed by atoms with Crippen molar-refractivity contribution in [3.8, 4) is 11.4 Å². The molecule has 1 aromatic carbocycles. The molecule has 102 valence electrons. The van der Waals surface area contributed by atoms with Crippen LogP contribution in [0.3, 0.4) is 0 Å². The number of benzene rings is 1. The molecule has 1 aliphatic heterocycles. The summed E-state index contributed by atoms with van der Waals surface area (Å²) in [6.45, 7) is 3.17. The smallest absolute Gasteiger partial charge is 0.159 e. The highest BCUT2D eigenvalue weighted by molar-refractivity contribution is 5.66. The molecule has 0 amide bonds. The lowest BCUT2D eigenvalue weighted by Gasteiger charge is -2.17. The van der Waals surface area contributed by atoms with Gasteiger partial charge in [-0.25, -0.2) is 9.97 Å². The Bertz CT molecular complexity index is 676. The minimum atomic E-state index is 0.901. The predicted octanol–water partition coefficient (Wildman–Crippen LogP) is 3.30. The Morgan fingerprint density at radius 3 is 2.90 bits per heavy atom. The maximum atomic E-state index is 4.84. The van der Waals surface area contributed by atoms with Gasteiger partial charge < -0.3 is 5.32 Å². The van der Waals surface area contributed by atoms with Crippen molar-refractivity contribution in [2.24, 2.45) is 0 Å². The number of aromatic nitrogens is 2. The lowest BCUT2D eigenvalue weighted by Crippen LogP contribution is -2.10. The van der Waals surface area contributed by atoms with Crippen LogP contribution in [0.5, 0.6) is 0 Å². The Labute approximate surface area is 119 Å². The summed E-state index contributed by atoms with van der Waals surface area (Å²) in [5, 5.41) is 3.40. The quantitative estimate of drug-likeness (QED) is 0.859. The van der Waals surface area contributed by atoms with Crippen LogP contribution in [-0.4, -0.2) is 16.5 Å². The summed E-state index contributed by atoms with van der Waals surface area (Å²) in [5.41, 5.74) is 7.65. The summed E-state index contributed by atoms with van der Waals surface area (Å²) in [7, 11) is 0. The number of hydrogen-bond acceptors (Lipinski definition) is 3. The molecule has 0 unspecified atom stereocenters. The fourth-order valence-electron chi connectivity index (χ4n) is 3.35. The van der Waals surface area contributed by atoms with Crippen molar-refractivity contribution in [2.45, 2.75) is 39.0 Å². The van der Waals surface area contributed by atoms with Crippen molar-refractivity contribution in [2.75, 3.05) is 11.9 Å². The third kappa shape index (κ3) is 1.89. The number of aryl methyl sites for hydroxylation is 2. The molecule has 1 aromatic heterocycles. The second-order valence-corrected chi connectivity index (χ2v) is 5.81. The SMILES string of the molecule is Cc1nc(-c2ccc3c(c2)CCN3)nc2c1CCCC2. The average molecular weight is 265 g/mol. The van der Waals surface area contributed by atoms with E-state index < -0.39 is 0 Å². The van der Waals surface area contributed by atoms with Gasteiger partial charge >= 0.3 is 0 Å². The van der Waals surface area contributed by atoms with Crippen LogP contribution in [0.1, 0.15) is 35.4 Å². The molecule has 0 atom stereocenters. The minimum absolute atomic E-state index is 0.901. The molecule has 0 fully saturated rings. The maximum Gasteiger partial charge on any atom is 0.159 e. The zero-order chi connectivity index (χ0) is 13.5. The van der Waals surface area contributed by atoms with E-state index in [0.29, 0.717) is 0 Å². The number of rotatable bonds is 1. The van der Waals surface area contributed by atoms with Crippen molar-refractivity contribution in [1.29, 1.82) is 0 Å². The zero-order valence-electron chi connectivity index (χ0n) is 11.9. The van der Waals surface area contributed by atoms with Gasteiger partial charge in [0.1, 0.15) is 0 Å². The summed E-state index contributed by atoms with van der Waals surface area (Å²) in [6, 6.07) is 6.55. The summed E-state index contributed by atoms with van der Waals surface area (Å²) in [5.74, 6) is 0.901. The van der Waals surface area contributed by atoms with Crippen LogP contribution >= 0.6 is 0 Å². The number of nitrogens with one attached hydrogen (secondary N) is 1. The van der Waals surface area contributed by atoms with Crippen LogP contribution in [0.15, 0.2) is 18.2 Å². The van der Waals surface area contributed by atoms with E-state index in [-0.39, 0.29) is 0 Å². The molecule has 0 saturated carbocycles. The van der Waals surface area contributed by atoms with Crippen molar-refractivity contribution in [3.63, 3.8) is 0 Å². The zero-order valence-corrected chi connectivity index (χ0v) is 11.9. The molecule has 2 aromatic rings. The van der Waals surface area contributed by atoms with E-state index >= 15 is 0 Å². The molecule has 2 aliphatic rings. The molecule has 20 heavy (non-hydrogen) atoms. The fraction of sp³-hybridized carbons (Fsp3) is 0.412. The number of nitrogens with zero attached hydrogens (tertiary/aromatic N) is 2. The molecule has 1 aliphatic carbocycles. The number of hydrogen-bond donors (Lipinski definition) is 1. The third-order valence-electron chi connectivity index (χ3n) is 4.46. The monoisotopic (exact) mass is 265 g/mol. The van der Waals surface area contributed by atoms with E-state index in [2.05, 4.69) is 30.4 Å². The van der Waals surface area contributed by atoms with Gasteiger partial charge in [0.25, 0.3) is 0 Å². The van der Waals surface area contributed by atoms with E-state index in [1.165, 1.54) is 41.0 Å². The van der Waals surface area contributed by atoms with E-state index in [0.717, 1.165) is 37.2 Å².